The predicted molar refractivity (Wildman–Crippen MR) is 51.8 cm³/mol. The first-order chi connectivity index (χ1) is 7.61. The van der Waals surface area contributed by atoms with Crippen LogP contribution in [0.25, 0.3) is 0 Å². The average molecular weight is 223 g/mol. The van der Waals surface area contributed by atoms with E-state index in [0.717, 1.165) is 0 Å². The second-order valence-corrected chi connectivity index (χ2v) is 3.14. The van der Waals surface area contributed by atoms with Crippen LogP contribution in [0, 0.1) is 0 Å². The first-order valence-electron chi connectivity index (χ1n) is 4.44. The summed E-state index contributed by atoms with van der Waals surface area (Å²) in [5.41, 5.74) is 0.0451. The summed E-state index contributed by atoms with van der Waals surface area (Å²) in [7, 11) is 2.75. The van der Waals surface area contributed by atoms with E-state index >= 15 is 0 Å². The molecule has 84 valence electrons. The highest BCUT2D eigenvalue weighted by atomic mass is 16.5. The van der Waals surface area contributed by atoms with Gasteiger partial charge in [-0.05, 0) is 12.1 Å². The number of rotatable bonds is 2. The fraction of sp³-hybridized carbons (Fsp3) is 0.200. The molecular weight excluding hydrogens is 214 g/mol. The normalized spacial score (nSPS) is 14.1. The Kier molecular flexibility index (Phi) is 2.28. The Morgan fingerprint density at radius 3 is 1.69 bits per heavy atom. The molecule has 0 unspecified atom stereocenters. The lowest BCUT2D eigenvalue weighted by atomic mass is 10.1. The molecule has 0 spiro atoms. The van der Waals surface area contributed by atoms with Gasteiger partial charge in [-0.25, -0.2) is 0 Å². The van der Waals surface area contributed by atoms with E-state index in [0.29, 0.717) is 0 Å². The fourth-order valence-electron chi connectivity index (χ4n) is 1.63. The Bertz CT molecular complexity index is 439. The third-order valence-corrected chi connectivity index (χ3v) is 2.38. The van der Waals surface area contributed by atoms with E-state index in [1.54, 1.807) is 0 Å². The van der Waals surface area contributed by atoms with E-state index in [2.05, 4.69) is 0 Å². The summed E-state index contributed by atoms with van der Waals surface area (Å²) < 4.78 is 9.91. The molecule has 1 N–H and O–H groups in total. The van der Waals surface area contributed by atoms with E-state index in [1.807, 2.05) is 0 Å². The lowest BCUT2D eigenvalue weighted by Crippen LogP contribution is -2.25. The maximum atomic E-state index is 11.6. The number of methoxy groups -OCH3 is 2. The number of benzene rings is 1. The number of nitrogens with zero attached hydrogens (tertiary/aromatic N) is 1. The van der Waals surface area contributed by atoms with Crippen molar-refractivity contribution in [3.05, 3.63) is 23.3 Å². The Balaban J connectivity index is 2.74. The number of hydrogen-bond donors (Lipinski definition) is 1. The van der Waals surface area contributed by atoms with Crippen LogP contribution >= 0.6 is 0 Å². The number of carbonyl (C=O) groups excluding carboxylic acids is 2. The van der Waals surface area contributed by atoms with Crippen LogP contribution in [0.2, 0.25) is 0 Å². The summed E-state index contributed by atoms with van der Waals surface area (Å²) in [4.78, 5) is 23.1. The number of fused-ring (bicyclic) bond motifs is 1. The third-order valence-electron chi connectivity index (χ3n) is 2.38. The molecule has 1 aliphatic heterocycles. The molecule has 0 radical (unpaired) electrons. The highest BCUT2D eigenvalue weighted by Crippen LogP contribution is 2.36. The standard InChI is InChI=1S/C10H9NO5/c1-15-5-3-4-6(16-2)8-7(5)9(12)11(14)10(8)13/h3-4,14H,1-2H3. The second-order valence-electron chi connectivity index (χ2n) is 3.14. The quantitative estimate of drug-likeness (QED) is 0.589. The second kappa shape index (κ2) is 3.49. The van der Waals surface area contributed by atoms with E-state index < -0.39 is 11.8 Å². The predicted octanol–water partition coefficient (Wildman–Crippen LogP) is 0.689. The Morgan fingerprint density at radius 2 is 1.38 bits per heavy atom. The van der Waals surface area contributed by atoms with Crippen LogP contribution in [0.5, 0.6) is 11.5 Å². The molecule has 2 rings (SSSR count). The largest absolute Gasteiger partial charge is 0.496 e. The summed E-state index contributed by atoms with van der Waals surface area (Å²) in [6.07, 6.45) is 0. The van der Waals surface area contributed by atoms with Gasteiger partial charge in [0, 0.05) is 0 Å². The first-order valence-corrected chi connectivity index (χ1v) is 4.44. The molecule has 6 heteroatoms. The van der Waals surface area contributed by atoms with Crippen molar-refractivity contribution in [2.75, 3.05) is 14.2 Å². The van der Waals surface area contributed by atoms with Crippen molar-refractivity contribution in [1.82, 2.24) is 5.06 Å². The molecule has 1 aromatic rings. The van der Waals surface area contributed by atoms with Crippen LogP contribution in [0.3, 0.4) is 0 Å². The Labute approximate surface area is 90.9 Å². The highest BCUT2D eigenvalue weighted by Gasteiger charge is 2.40. The first kappa shape index (κ1) is 10.4. The molecule has 2 amide bonds. The summed E-state index contributed by atoms with van der Waals surface area (Å²) >= 11 is 0. The topological polar surface area (TPSA) is 76.1 Å². The number of amides is 2. The number of hydrogen-bond acceptors (Lipinski definition) is 5. The lowest BCUT2D eigenvalue weighted by molar-refractivity contribution is -0.0328. The molecule has 1 aliphatic rings. The molecule has 0 saturated heterocycles. The van der Waals surface area contributed by atoms with Crippen LogP contribution in [0.4, 0.5) is 0 Å². The van der Waals surface area contributed by atoms with Gasteiger partial charge in [0.05, 0.1) is 14.2 Å². The lowest BCUT2D eigenvalue weighted by Gasteiger charge is -2.07. The fourth-order valence-corrected chi connectivity index (χ4v) is 1.63. The van der Waals surface area contributed by atoms with Gasteiger partial charge in [-0.3, -0.25) is 14.8 Å². The third kappa shape index (κ3) is 1.17. The Hall–Kier alpha value is -2.08. The zero-order valence-electron chi connectivity index (χ0n) is 8.68. The van der Waals surface area contributed by atoms with Crippen LogP contribution in [0.15, 0.2) is 12.1 Å². The molecule has 0 bridgehead atoms. The van der Waals surface area contributed by atoms with Gasteiger partial charge in [0.1, 0.15) is 22.6 Å². The van der Waals surface area contributed by atoms with Crippen molar-refractivity contribution >= 4 is 11.8 Å². The van der Waals surface area contributed by atoms with E-state index in [-0.39, 0.29) is 27.7 Å². The molecule has 0 atom stereocenters. The van der Waals surface area contributed by atoms with Gasteiger partial charge in [0.15, 0.2) is 0 Å². The van der Waals surface area contributed by atoms with Crippen molar-refractivity contribution in [3.8, 4) is 11.5 Å². The van der Waals surface area contributed by atoms with E-state index in [1.165, 1.54) is 26.4 Å². The van der Waals surface area contributed by atoms with Crippen LogP contribution < -0.4 is 9.47 Å². The highest BCUT2D eigenvalue weighted by molar-refractivity contribution is 6.22. The summed E-state index contributed by atoms with van der Waals surface area (Å²) in [6.45, 7) is 0. The molecular formula is C10H9NO5. The minimum absolute atomic E-state index is 0.0225. The van der Waals surface area contributed by atoms with Crippen LogP contribution in [-0.2, 0) is 0 Å². The number of ether oxygens (including phenoxy) is 2. The van der Waals surface area contributed by atoms with Crippen molar-refractivity contribution in [1.29, 1.82) is 0 Å². The molecule has 1 heterocycles. The molecule has 16 heavy (non-hydrogen) atoms. The summed E-state index contributed by atoms with van der Waals surface area (Å²) in [5, 5.41) is 9.30. The summed E-state index contributed by atoms with van der Waals surface area (Å²) in [6, 6.07) is 3.00. The van der Waals surface area contributed by atoms with Gasteiger partial charge in [-0.2, -0.15) is 0 Å². The molecule has 0 aliphatic carbocycles. The van der Waals surface area contributed by atoms with Crippen LogP contribution in [0.1, 0.15) is 20.7 Å². The smallest absolute Gasteiger partial charge is 0.289 e. The van der Waals surface area contributed by atoms with Crippen LogP contribution in [-0.4, -0.2) is 36.3 Å². The SMILES string of the molecule is COc1ccc(OC)c2c1C(=O)N(O)C2=O. The Morgan fingerprint density at radius 1 is 1.00 bits per heavy atom. The van der Waals surface area contributed by atoms with Gasteiger partial charge in [0.2, 0.25) is 0 Å². The van der Waals surface area contributed by atoms with Gasteiger partial charge < -0.3 is 9.47 Å². The van der Waals surface area contributed by atoms with Gasteiger partial charge in [-0.15, -0.1) is 5.06 Å². The van der Waals surface area contributed by atoms with Gasteiger partial charge in [0.25, 0.3) is 11.8 Å². The number of carbonyl (C=O) groups is 2. The minimum Gasteiger partial charge on any atom is -0.496 e. The number of imide groups is 1. The minimum atomic E-state index is -0.809. The van der Waals surface area contributed by atoms with E-state index in [4.69, 9.17) is 9.47 Å². The molecule has 0 aromatic heterocycles. The summed E-state index contributed by atoms with van der Waals surface area (Å²) in [5.74, 6) is -1.16. The molecule has 0 fully saturated rings. The molecule has 6 nitrogen and oxygen atoms in total. The molecule has 1 aromatic carbocycles. The monoisotopic (exact) mass is 223 g/mol. The van der Waals surface area contributed by atoms with Crippen molar-refractivity contribution < 1.29 is 24.3 Å². The van der Waals surface area contributed by atoms with Gasteiger partial charge in [-0.1, -0.05) is 0 Å². The molecule has 0 saturated carbocycles. The maximum absolute atomic E-state index is 11.6. The van der Waals surface area contributed by atoms with Crippen molar-refractivity contribution in [2.45, 2.75) is 0 Å². The van der Waals surface area contributed by atoms with Crippen molar-refractivity contribution in [2.24, 2.45) is 0 Å². The zero-order chi connectivity index (χ0) is 11.9. The maximum Gasteiger partial charge on any atom is 0.289 e. The van der Waals surface area contributed by atoms with Crippen molar-refractivity contribution in [3.63, 3.8) is 0 Å². The zero-order valence-corrected chi connectivity index (χ0v) is 8.68. The van der Waals surface area contributed by atoms with E-state index in [9.17, 15) is 14.8 Å². The number of hydroxylamine groups is 2. The average Bonchev–Trinajstić information content (AvgIpc) is 2.54. The van der Waals surface area contributed by atoms with Gasteiger partial charge >= 0.3 is 0 Å².